The summed E-state index contributed by atoms with van der Waals surface area (Å²) in [6.07, 6.45) is 1.61. The maximum absolute atomic E-state index is 13.6. The van der Waals surface area contributed by atoms with Crippen molar-refractivity contribution >= 4 is 85.5 Å². The molecule has 2 rings (SSSR count). The van der Waals surface area contributed by atoms with Gasteiger partial charge in [-0.15, -0.1) is 0 Å². The topological polar surface area (TPSA) is 86.8 Å². The van der Waals surface area contributed by atoms with Gasteiger partial charge < -0.3 is 10.2 Å². The van der Waals surface area contributed by atoms with E-state index in [0.29, 0.717) is 22.0 Å². The number of hydrogen-bond donors (Lipinski definition) is 1. The number of nitrogens with one attached hydrogen (secondary N) is 1. The fraction of sp³-hybridized carbons (Fsp3) is 0.391. The summed E-state index contributed by atoms with van der Waals surface area (Å²) in [5, 5.41) is 3.57. The number of carbonyl (C=O) groups excluding carboxylic acids is 2. The lowest BCUT2D eigenvalue weighted by Gasteiger charge is -2.32. The smallest absolute Gasteiger partial charge is 0.244 e. The number of halogens is 5. The van der Waals surface area contributed by atoms with Crippen molar-refractivity contribution in [1.29, 1.82) is 0 Å². The molecule has 7 nitrogen and oxygen atoms in total. The van der Waals surface area contributed by atoms with Gasteiger partial charge in [0, 0.05) is 28.2 Å². The molecule has 13 heteroatoms. The molecule has 0 fully saturated rings. The molecule has 2 aromatic carbocycles. The van der Waals surface area contributed by atoms with Crippen LogP contribution < -0.4 is 9.62 Å². The molecule has 0 aliphatic carbocycles. The molecule has 198 valence electrons. The van der Waals surface area contributed by atoms with Crippen LogP contribution >= 0.6 is 58.0 Å². The first-order valence-electron chi connectivity index (χ1n) is 10.8. The Morgan fingerprint density at radius 2 is 1.50 bits per heavy atom. The SMILES string of the molecule is CC[C@@H](C)NC(=O)[C@H](C)N(Cc1c(Cl)cccc1Cl)C(=O)CN(c1cc(Cl)c(Cl)cc1Cl)S(C)(=O)=O. The minimum absolute atomic E-state index is 0.0223. The third kappa shape index (κ3) is 7.79. The van der Waals surface area contributed by atoms with Crippen LogP contribution in [-0.2, 0) is 26.2 Å². The maximum atomic E-state index is 13.6. The Kier molecular flexibility index (Phi) is 11.0. The molecule has 2 amide bonds. The van der Waals surface area contributed by atoms with Gasteiger partial charge in [-0.05, 0) is 44.5 Å². The Labute approximate surface area is 236 Å². The van der Waals surface area contributed by atoms with Gasteiger partial charge in [-0.1, -0.05) is 71.0 Å². The summed E-state index contributed by atoms with van der Waals surface area (Å²) in [6.45, 7) is 4.47. The quantitative estimate of drug-likeness (QED) is 0.329. The van der Waals surface area contributed by atoms with Crippen LogP contribution in [0.3, 0.4) is 0 Å². The first kappa shape index (κ1) is 30.8. The Hall–Kier alpha value is -1.42. The highest BCUT2D eigenvalue weighted by atomic mass is 35.5. The van der Waals surface area contributed by atoms with Gasteiger partial charge in [-0.2, -0.15) is 0 Å². The number of rotatable bonds is 10. The first-order valence-corrected chi connectivity index (χ1v) is 14.6. The Morgan fingerprint density at radius 3 is 2.03 bits per heavy atom. The Morgan fingerprint density at radius 1 is 0.944 bits per heavy atom. The molecule has 0 saturated heterocycles. The van der Waals surface area contributed by atoms with Crippen molar-refractivity contribution in [1.82, 2.24) is 10.2 Å². The van der Waals surface area contributed by atoms with Crippen molar-refractivity contribution in [2.75, 3.05) is 17.1 Å². The van der Waals surface area contributed by atoms with Gasteiger partial charge in [0.2, 0.25) is 21.8 Å². The van der Waals surface area contributed by atoms with E-state index in [2.05, 4.69) is 5.32 Å². The third-order valence-corrected chi connectivity index (χ3v) is 8.36. The summed E-state index contributed by atoms with van der Waals surface area (Å²) in [7, 11) is -4.01. The van der Waals surface area contributed by atoms with Crippen molar-refractivity contribution in [3.8, 4) is 0 Å². The van der Waals surface area contributed by atoms with Crippen molar-refractivity contribution < 1.29 is 18.0 Å². The lowest BCUT2D eigenvalue weighted by molar-refractivity contribution is -0.139. The lowest BCUT2D eigenvalue weighted by Crippen LogP contribution is -2.52. The van der Waals surface area contributed by atoms with Gasteiger partial charge in [-0.3, -0.25) is 13.9 Å². The predicted molar refractivity (Wildman–Crippen MR) is 148 cm³/mol. The highest BCUT2D eigenvalue weighted by molar-refractivity contribution is 7.92. The average molecular weight is 618 g/mol. The van der Waals surface area contributed by atoms with Crippen LogP contribution in [0.4, 0.5) is 5.69 Å². The van der Waals surface area contributed by atoms with Crippen LogP contribution in [-0.4, -0.2) is 50.0 Å². The van der Waals surface area contributed by atoms with E-state index in [1.54, 1.807) is 18.2 Å². The van der Waals surface area contributed by atoms with Crippen molar-refractivity contribution in [3.05, 3.63) is 61.0 Å². The molecule has 0 radical (unpaired) electrons. The van der Waals surface area contributed by atoms with Crippen molar-refractivity contribution in [3.63, 3.8) is 0 Å². The van der Waals surface area contributed by atoms with Crippen LogP contribution in [0.15, 0.2) is 30.3 Å². The number of amides is 2. The summed E-state index contributed by atoms with van der Waals surface area (Å²) < 4.78 is 26.2. The highest BCUT2D eigenvalue weighted by Crippen LogP contribution is 2.36. The van der Waals surface area contributed by atoms with Crippen LogP contribution in [0.25, 0.3) is 0 Å². The van der Waals surface area contributed by atoms with Crippen LogP contribution in [0.1, 0.15) is 32.8 Å². The van der Waals surface area contributed by atoms with Crippen molar-refractivity contribution in [2.24, 2.45) is 0 Å². The fourth-order valence-corrected chi connectivity index (χ4v) is 5.26. The fourth-order valence-electron chi connectivity index (χ4n) is 3.20. The van der Waals surface area contributed by atoms with Crippen molar-refractivity contribution in [2.45, 2.75) is 45.8 Å². The molecule has 0 bridgehead atoms. The van der Waals surface area contributed by atoms with E-state index in [-0.39, 0.29) is 33.3 Å². The molecule has 0 spiro atoms. The minimum atomic E-state index is -4.01. The summed E-state index contributed by atoms with van der Waals surface area (Å²) in [6, 6.07) is 6.29. The first-order chi connectivity index (χ1) is 16.7. The van der Waals surface area contributed by atoms with E-state index in [1.165, 1.54) is 24.0 Å². The Bertz CT molecular complexity index is 1220. The molecule has 0 saturated carbocycles. The van der Waals surface area contributed by atoms with E-state index in [9.17, 15) is 18.0 Å². The summed E-state index contributed by atoms with van der Waals surface area (Å²) in [5.74, 6) is -1.11. The summed E-state index contributed by atoms with van der Waals surface area (Å²) in [4.78, 5) is 27.8. The molecule has 0 heterocycles. The molecular formula is C23H26Cl5N3O4S. The lowest BCUT2D eigenvalue weighted by atomic mass is 10.1. The number of nitrogens with zero attached hydrogens (tertiary/aromatic N) is 2. The second-order valence-electron chi connectivity index (χ2n) is 8.20. The van der Waals surface area contributed by atoms with Gasteiger partial charge in [0.25, 0.3) is 0 Å². The van der Waals surface area contributed by atoms with E-state index < -0.39 is 34.4 Å². The molecule has 2 aromatic rings. The Balaban J connectivity index is 2.52. The summed E-state index contributed by atoms with van der Waals surface area (Å²) >= 11 is 31.0. The molecule has 0 unspecified atom stereocenters. The maximum Gasteiger partial charge on any atom is 0.244 e. The van der Waals surface area contributed by atoms with E-state index in [1.807, 2.05) is 13.8 Å². The zero-order valence-electron chi connectivity index (χ0n) is 20.0. The number of sulfonamides is 1. The molecular weight excluding hydrogens is 592 g/mol. The largest absolute Gasteiger partial charge is 0.352 e. The average Bonchev–Trinajstić information content (AvgIpc) is 2.78. The van der Waals surface area contributed by atoms with E-state index >= 15 is 0 Å². The highest BCUT2D eigenvalue weighted by Gasteiger charge is 2.32. The van der Waals surface area contributed by atoms with Gasteiger partial charge >= 0.3 is 0 Å². The summed E-state index contributed by atoms with van der Waals surface area (Å²) in [5.41, 5.74) is 0.380. The van der Waals surface area contributed by atoms with Crippen LogP contribution in [0.2, 0.25) is 25.1 Å². The number of hydrogen-bond acceptors (Lipinski definition) is 4. The van der Waals surface area contributed by atoms with Gasteiger partial charge in [0.05, 0.1) is 27.0 Å². The number of benzene rings is 2. The zero-order chi connectivity index (χ0) is 27.4. The second-order valence-corrected chi connectivity index (χ2v) is 12.1. The zero-order valence-corrected chi connectivity index (χ0v) is 24.6. The normalized spacial score (nSPS) is 13.1. The van der Waals surface area contributed by atoms with Gasteiger partial charge in [0.15, 0.2) is 0 Å². The molecule has 0 aliphatic heterocycles. The molecule has 0 aliphatic rings. The van der Waals surface area contributed by atoms with Crippen LogP contribution in [0, 0.1) is 0 Å². The molecule has 0 aromatic heterocycles. The third-order valence-electron chi connectivity index (χ3n) is 5.50. The standard InChI is InChI=1S/C23H26Cl5N3O4S/c1-5-13(2)29-23(33)14(3)30(11-15-16(24)7-6-8-17(15)25)22(32)12-31(36(4,34)35)21-10-19(27)18(26)9-20(21)28/h6-10,13-14H,5,11-12H2,1-4H3,(H,29,33)/t13-,14+/m1/s1. The minimum Gasteiger partial charge on any atom is -0.352 e. The monoisotopic (exact) mass is 615 g/mol. The van der Waals surface area contributed by atoms with E-state index in [4.69, 9.17) is 58.0 Å². The van der Waals surface area contributed by atoms with Gasteiger partial charge in [0.1, 0.15) is 12.6 Å². The second kappa shape index (κ2) is 12.9. The van der Waals surface area contributed by atoms with Gasteiger partial charge in [-0.25, -0.2) is 8.42 Å². The molecule has 1 N–H and O–H groups in total. The number of anilines is 1. The number of carbonyl (C=O) groups is 2. The molecule has 36 heavy (non-hydrogen) atoms. The predicted octanol–water partition coefficient (Wildman–Crippen LogP) is 6.05. The van der Waals surface area contributed by atoms with Crippen LogP contribution in [0.5, 0.6) is 0 Å². The molecule has 2 atom stereocenters. The van der Waals surface area contributed by atoms with E-state index in [0.717, 1.165) is 10.6 Å².